The van der Waals surface area contributed by atoms with E-state index in [0.29, 0.717) is 17.2 Å². The predicted octanol–water partition coefficient (Wildman–Crippen LogP) is 3.34. The molecule has 1 aliphatic rings. The van der Waals surface area contributed by atoms with Gasteiger partial charge in [-0.05, 0) is 30.3 Å². The van der Waals surface area contributed by atoms with E-state index in [-0.39, 0.29) is 24.1 Å². The fourth-order valence-corrected chi connectivity index (χ4v) is 2.40. The van der Waals surface area contributed by atoms with Gasteiger partial charge in [-0.15, -0.1) is 0 Å². The number of nitrogens with one attached hydrogen (secondary N) is 2. The van der Waals surface area contributed by atoms with Crippen LogP contribution in [-0.2, 0) is 0 Å². The molecule has 0 fully saturated rings. The van der Waals surface area contributed by atoms with Gasteiger partial charge in [-0.1, -0.05) is 12.1 Å². The van der Waals surface area contributed by atoms with Crippen molar-refractivity contribution in [2.24, 2.45) is 0 Å². The van der Waals surface area contributed by atoms with Crippen LogP contribution in [0.4, 0.5) is 21.7 Å². The molecule has 0 unspecified atom stereocenters. The van der Waals surface area contributed by atoms with Crippen molar-refractivity contribution >= 4 is 23.2 Å². The van der Waals surface area contributed by atoms with Crippen LogP contribution in [-0.4, -0.2) is 22.7 Å². The number of nitrogens with zero attached hydrogens (tertiary/aromatic N) is 2. The highest BCUT2D eigenvalue weighted by Gasteiger charge is 2.15. The van der Waals surface area contributed by atoms with Crippen LogP contribution in [0.15, 0.2) is 54.7 Å². The van der Waals surface area contributed by atoms with E-state index in [9.17, 15) is 9.18 Å². The van der Waals surface area contributed by atoms with E-state index in [1.54, 1.807) is 30.3 Å². The minimum atomic E-state index is -0.536. The molecule has 26 heavy (non-hydrogen) atoms. The van der Waals surface area contributed by atoms with Crippen LogP contribution >= 0.6 is 0 Å². The SMILES string of the molecule is O=C(Nc1ccccc1F)c1ccnc(Nc2ccc3c(c2)OCO3)n1. The van der Waals surface area contributed by atoms with Gasteiger partial charge in [0.2, 0.25) is 12.7 Å². The fraction of sp³-hybridized carbons (Fsp3) is 0.0556. The van der Waals surface area contributed by atoms with E-state index in [1.807, 2.05) is 0 Å². The van der Waals surface area contributed by atoms with Crippen molar-refractivity contribution < 1.29 is 18.7 Å². The number of carbonyl (C=O) groups is 1. The number of hydrogen-bond acceptors (Lipinski definition) is 6. The molecule has 0 atom stereocenters. The number of para-hydroxylation sites is 1. The second-order valence-electron chi connectivity index (χ2n) is 5.39. The van der Waals surface area contributed by atoms with Crippen LogP contribution in [0, 0.1) is 5.82 Å². The maximum absolute atomic E-state index is 13.7. The molecule has 4 rings (SSSR count). The number of ether oxygens (including phenoxy) is 2. The van der Waals surface area contributed by atoms with Crippen LogP contribution in [0.3, 0.4) is 0 Å². The Morgan fingerprint density at radius 1 is 1.08 bits per heavy atom. The van der Waals surface area contributed by atoms with Crippen LogP contribution in [0.2, 0.25) is 0 Å². The summed E-state index contributed by atoms with van der Waals surface area (Å²) in [6.45, 7) is 0.182. The second kappa shape index (κ2) is 6.67. The molecule has 8 heteroatoms. The van der Waals surface area contributed by atoms with Gasteiger partial charge >= 0.3 is 0 Å². The molecule has 1 amide bonds. The standard InChI is InChI=1S/C18H13FN4O3/c19-12-3-1-2-4-13(12)22-17(24)14-7-8-20-18(23-14)21-11-5-6-15-16(9-11)26-10-25-15/h1-9H,10H2,(H,22,24)(H,20,21,23). The summed E-state index contributed by atoms with van der Waals surface area (Å²) in [7, 11) is 0. The Balaban J connectivity index is 1.51. The van der Waals surface area contributed by atoms with Crippen molar-refractivity contribution in [2.45, 2.75) is 0 Å². The normalized spacial score (nSPS) is 11.9. The average molecular weight is 352 g/mol. The number of fused-ring (bicyclic) bond motifs is 1. The summed E-state index contributed by atoms with van der Waals surface area (Å²) in [4.78, 5) is 20.5. The molecule has 2 heterocycles. The zero-order valence-corrected chi connectivity index (χ0v) is 13.4. The highest BCUT2D eigenvalue weighted by molar-refractivity contribution is 6.03. The summed E-state index contributed by atoms with van der Waals surface area (Å²) >= 11 is 0. The molecule has 0 radical (unpaired) electrons. The summed E-state index contributed by atoms with van der Waals surface area (Å²) in [5.74, 6) is 0.447. The van der Waals surface area contributed by atoms with Gasteiger partial charge in [-0.25, -0.2) is 14.4 Å². The van der Waals surface area contributed by atoms with Crippen molar-refractivity contribution in [2.75, 3.05) is 17.4 Å². The Kier molecular flexibility index (Phi) is 4.06. The zero-order valence-electron chi connectivity index (χ0n) is 13.4. The summed E-state index contributed by atoms with van der Waals surface area (Å²) < 4.78 is 24.2. The highest BCUT2D eigenvalue weighted by atomic mass is 19.1. The van der Waals surface area contributed by atoms with Gasteiger partial charge in [-0.3, -0.25) is 4.79 Å². The second-order valence-corrected chi connectivity index (χ2v) is 5.39. The van der Waals surface area contributed by atoms with Gasteiger partial charge in [0.05, 0.1) is 5.69 Å². The fourth-order valence-electron chi connectivity index (χ4n) is 2.40. The molecule has 2 aromatic carbocycles. The first-order valence-electron chi connectivity index (χ1n) is 7.75. The third-order valence-electron chi connectivity index (χ3n) is 3.64. The molecule has 0 bridgehead atoms. The molecular formula is C18H13FN4O3. The molecule has 130 valence electrons. The lowest BCUT2D eigenvalue weighted by molar-refractivity contribution is 0.102. The summed E-state index contributed by atoms with van der Waals surface area (Å²) in [5, 5.41) is 5.48. The van der Waals surface area contributed by atoms with E-state index in [2.05, 4.69) is 20.6 Å². The van der Waals surface area contributed by atoms with E-state index < -0.39 is 11.7 Å². The van der Waals surface area contributed by atoms with Crippen molar-refractivity contribution in [1.29, 1.82) is 0 Å². The summed E-state index contributed by atoms with van der Waals surface area (Å²) in [6, 6.07) is 12.7. The largest absolute Gasteiger partial charge is 0.454 e. The van der Waals surface area contributed by atoms with E-state index in [4.69, 9.17) is 9.47 Å². The van der Waals surface area contributed by atoms with Gasteiger partial charge in [0.1, 0.15) is 11.5 Å². The summed E-state index contributed by atoms with van der Waals surface area (Å²) in [5.41, 5.74) is 0.869. The first-order chi connectivity index (χ1) is 12.7. The molecule has 2 N–H and O–H groups in total. The molecule has 0 saturated carbocycles. The topological polar surface area (TPSA) is 85.4 Å². The van der Waals surface area contributed by atoms with Crippen molar-refractivity contribution in [3.8, 4) is 11.5 Å². The quantitative estimate of drug-likeness (QED) is 0.749. The average Bonchev–Trinajstić information content (AvgIpc) is 3.11. The Labute approximate surface area is 147 Å². The van der Waals surface area contributed by atoms with Crippen molar-refractivity contribution in [3.05, 3.63) is 66.2 Å². The number of halogens is 1. The van der Waals surface area contributed by atoms with Crippen molar-refractivity contribution in [1.82, 2.24) is 9.97 Å². The Bertz CT molecular complexity index is 980. The van der Waals surface area contributed by atoms with Gasteiger partial charge in [0.25, 0.3) is 5.91 Å². The lowest BCUT2D eigenvalue weighted by Gasteiger charge is -2.08. The number of amides is 1. The maximum atomic E-state index is 13.7. The molecule has 3 aromatic rings. The first-order valence-corrected chi connectivity index (χ1v) is 7.75. The Morgan fingerprint density at radius 2 is 1.92 bits per heavy atom. The minimum Gasteiger partial charge on any atom is -0.454 e. The Morgan fingerprint density at radius 3 is 2.81 bits per heavy atom. The van der Waals surface area contributed by atoms with Gasteiger partial charge in [-0.2, -0.15) is 0 Å². The molecule has 0 saturated heterocycles. The third kappa shape index (κ3) is 3.25. The lowest BCUT2D eigenvalue weighted by atomic mass is 10.3. The number of anilines is 3. The molecule has 0 aliphatic carbocycles. The van der Waals surface area contributed by atoms with E-state index >= 15 is 0 Å². The van der Waals surface area contributed by atoms with E-state index in [0.717, 1.165) is 0 Å². The van der Waals surface area contributed by atoms with Gasteiger partial charge in [0, 0.05) is 18.0 Å². The molecule has 1 aromatic heterocycles. The number of aromatic nitrogens is 2. The summed E-state index contributed by atoms with van der Waals surface area (Å²) in [6.07, 6.45) is 1.44. The first kappa shape index (κ1) is 15.8. The van der Waals surface area contributed by atoms with Crippen LogP contribution in [0.25, 0.3) is 0 Å². The number of benzene rings is 2. The van der Waals surface area contributed by atoms with Crippen LogP contribution < -0.4 is 20.1 Å². The predicted molar refractivity (Wildman–Crippen MR) is 92.2 cm³/mol. The third-order valence-corrected chi connectivity index (χ3v) is 3.64. The van der Waals surface area contributed by atoms with Crippen LogP contribution in [0.1, 0.15) is 10.5 Å². The Hall–Kier alpha value is -3.68. The number of carbonyl (C=O) groups excluding carboxylic acids is 1. The monoisotopic (exact) mass is 352 g/mol. The lowest BCUT2D eigenvalue weighted by Crippen LogP contribution is -2.15. The minimum absolute atomic E-state index is 0.0846. The maximum Gasteiger partial charge on any atom is 0.274 e. The number of hydrogen-bond donors (Lipinski definition) is 2. The molecule has 1 aliphatic heterocycles. The van der Waals surface area contributed by atoms with Gasteiger partial charge in [0.15, 0.2) is 11.5 Å². The molecule has 0 spiro atoms. The van der Waals surface area contributed by atoms with Crippen molar-refractivity contribution in [3.63, 3.8) is 0 Å². The highest BCUT2D eigenvalue weighted by Crippen LogP contribution is 2.34. The zero-order chi connectivity index (χ0) is 17.9. The van der Waals surface area contributed by atoms with Crippen LogP contribution in [0.5, 0.6) is 11.5 Å². The molecular weight excluding hydrogens is 339 g/mol. The smallest absolute Gasteiger partial charge is 0.274 e. The van der Waals surface area contributed by atoms with Gasteiger partial charge < -0.3 is 20.1 Å². The molecule has 7 nitrogen and oxygen atoms in total. The number of rotatable bonds is 4. The van der Waals surface area contributed by atoms with E-state index in [1.165, 1.54) is 24.4 Å².